The summed E-state index contributed by atoms with van der Waals surface area (Å²) in [6.07, 6.45) is 1.10. The topological polar surface area (TPSA) is 66.4 Å². The van der Waals surface area contributed by atoms with Crippen molar-refractivity contribution >= 4 is 28.3 Å². The van der Waals surface area contributed by atoms with Gasteiger partial charge in [-0.3, -0.25) is 4.79 Å². The molecule has 0 saturated carbocycles. The molecule has 0 heterocycles. The summed E-state index contributed by atoms with van der Waals surface area (Å²) in [6.45, 7) is 1.90. The molecule has 4 heteroatoms. The molecule has 2 aromatic carbocycles. The van der Waals surface area contributed by atoms with Crippen molar-refractivity contribution in [3.05, 3.63) is 42.0 Å². The lowest BCUT2D eigenvalue weighted by Crippen LogP contribution is -2.14. The summed E-state index contributed by atoms with van der Waals surface area (Å²) in [7, 11) is 0. The monoisotopic (exact) mass is 257 g/mol. The molecule has 98 valence electrons. The van der Waals surface area contributed by atoms with E-state index in [9.17, 15) is 14.7 Å². The highest BCUT2D eigenvalue weighted by Gasteiger charge is 2.13. The minimum atomic E-state index is -1.04. The Kier molecular flexibility index (Phi) is 3.80. The lowest BCUT2D eigenvalue weighted by Gasteiger charge is -2.10. The highest BCUT2D eigenvalue weighted by atomic mass is 16.4. The number of carbonyl (C=O) groups is 2. The van der Waals surface area contributed by atoms with E-state index in [1.54, 1.807) is 12.1 Å². The van der Waals surface area contributed by atoms with Crippen LogP contribution in [0, 0.1) is 0 Å². The van der Waals surface area contributed by atoms with Crippen molar-refractivity contribution in [2.45, 2.75) is 19.8 Å². The van der Waals surface area contributed by atoms with Gasteiger partial charge in [0.25, 0.3) is 0 Å². The number of aromatic carboxylic acids is 1. The van der Waals surface area contributed by atoms with Crippen LogP contribution in [0.3, 0.4) is 0 Å². The number of hydrogen-bond acceptors (Lipinski definition) is 2. The minimum Gasteiger partial charge on any atom is -0.478 e. The average Bonchev–Trinajstić information content (AvgIpc) is 2.38. The summed E-state index contributed by atoms with van der Waals surface area (Å²) < 4.78 is 0. The van der Waals surface area contributed by atoms with Crippen molar-refractivity contribution < 1.29 is 14.7 Å². The Morgan fingerprint density at radius 3 is 2.37 bits per heavy atom. The third-order valence-corrected chi connectivity index (χ3v) is 2.87. The molecule has 0 atom stereocenters. The molecule has 0 saturated heterocycles. The quantitative estimate of drug-likeness (QED) is 0.883. The van der Waals surface area contributed by atoms with Crippen LogP contribution in [-0.2, 0) is 4.79 Å². The molecule has 0 aliphatic heterocycles. The fraction of sp³-hybridized carbons (Fsp3) is 0.200. The highest BCUT2D eigenvalue weighted by Crippen LogP contribution is 2.24. The molecule has 0 bridgehead atoms. The Bertz CT molecular complexity index is 634. The van der Waals surface area contributed by atoms with Gasteiger partial charge in [-0.05, 0) is 29.3 Å². The summed E-state index contributed by atoms with van der Waals surface area (Å²) in [4.78, 5) is 22.9. The van der Waals surface area contributed by atoms with E-state index in [4.69, 9.17) is 0 Å². The second-order valence-electron chi connectivity index (χ2n) is 4.35. The predicted octanol–water partition coefficient (Wildman–Crippen LogP) is 3.28. The highest BCUT2D eigenvalue weighted by molar-refractivity contribution is 6.05. The van der Waals surface area contributed by atoms with E-state index in [1.807, 2.05) is 31.2 Å². The van der Waals surface area contributed by atoms with Crippen LogP contribution in [0.5, 0.6) is 0 Å². The van der Waals surface area contributed by atoms with Crippen LogP contribution in [0.2, 0.25) is 0 Å². The van der Waals surface area contributed by atoms with E-state index in [1.165, 1.54) is 0 Å². The Morgan fingerprint density at radius 1 is 1.16 bits per heavy atom. The van der Waals surface area contributed by atoms with Crippen molar-refractivity contribution in [2.75, 3.05) is 5.32 Å². The number of anilines is 1. The second kappa shape index (κ2) is 5.52. The number of amides is 1. The van der Waals surface area contributed by atoms with Gasteiger partial charge in [-0.1, -0.05) is 31.2 Å². The van der Waals surface area contributed by atoms with Crippen LogP contribution >= 0.6 is 0 Å². The van der Waals surface area contributed by atoms with Crippen molar-refractivity contribution in [3.63, 3.8) is 0 Å². The lowest BCUT2D eigenvalue weighted by molar-refractivity contribution is -0.116. The number of hydrogen-bond donors (Lipinski definition) is 2. The molecule has 19 heavy (non-hydrogen) atoms. The van der Waals surface area contributed by atoms with Gasteiger partial charge in [0, 0.05) is 6.42 Å². The van der Waals surface area contributed by atoms with E-state index < -0.39 is 5.97 Å². The van der Waals surface area contributed by atoms with E-state index in [2.05, 4.69) is 5.32 Å². The van der Waals surface area contributed by atoms with Gasteiger partial charge in [0.1, 0.15) is 0 Å². The minimum absolute atomic E-state index is 0.114. The molecule has 0 aromatic heterocycles. The fourth-order valence-electron chi connectivity index (χ4n) is 1.96. The number of nitrogens with one attached hydrogen (secondary N) is 1. The number of carboxylic acids is 1. The average molecular weight is 257 g/mol. The van der Waals surface area contributed by atoms with Gasteiger partial charge in [-0.15, -0.1) is 0 Å². The zero-order valence-corrected chi connectivity index (χ0v) is 10.6. The van der Waals surface area contributed by atoms with Crippen LogP contribution in [0.1, 0.15) is 30.1 Å². The smallest absolute Gasteiger partial charge is 0.337 e. The van der Waals surface area contributed by atoms with Gasteiger partial charge in [0.2, 0.25) is 5.91 Å². The normalized spacial score (nSPS) is 10.4. The maximum Gasteiger partial charge on any atom is 0.337 e. The number of benzene rings is 2. The van der Waals surface area contributed by atoms with Gasteiger partial charge in [0.15, 0.2) is 0 Å². The summed E-state index contributed by atoms with van der Waals surface area (Å²) in [6, 6.07) is 10.7. The number of carboxylic acid groups (broad SMARTS) is 1. The second-order valence-corrected chi connectivity index (χ2v) is 4.35. The van der Waals surface area contributed by atoms with Crippen molar-refractivity contribution in [1.82, 2.24) is 0 Å². The maximum absolute atomic E-state index is 11.6. The number of carbonyl (C=O) groups excluding carboxylic acids is 1. The first kappa shape index (κ1) is 13.1. The zero-order chi connectivity index (χ0) is 13.8. The van der Waals surface area contributed by atoms with Gasteiger partial charge in [-0.2, -0.15) is 0 Å². The largest absolute Gasteiger partial charge is 0.478 e. The number of fused-ring (bicyclic) bond motifs is 1. The lowest BCUT2D eigenvalue weighted by atomic mass is 10.0. The fourth-order valence-corrected chi connectivity index (χ4v) is 1.96. The van der Waals surface area contributed by atoms with Crippen LogP contribution in [-0.4, -0.2) is 17.0 Å². The number of rotatable bonds is 4. The molecule has 0 unspecified atom stereocenters. The third-order valence-electron chi connectivity index (χ3n) is 2.87. The van der Waals surface area contributed by atoms with Crippen LogP contribution < -0.4 is 5.32 Å². The first-order valence-corrected chi connectivity index (χ1v) is 6.17. The standard InChI is InChI=1S/C15H15NO3/c1-2-5-14(17)16-13-9-11-7-4-3-6-10(11)8-12(13)15(18)19/h3-4,6-9H,2,5H2,1H3,(H,16,17)(H,18,19). The van der Waals surface area contributed by atoms with Crippen molar-refractivity contribution in [1.29, 1.82) is 0 Å². The van der Waals surface area contributed by atoms with Crippen LogP contribution in [0.15, 0.2) is 36.4 Å². The van der Waals surface area contributed by atoms with Crippen molar-refractivity contribution in [3.8, 4) is 0 Å². The Hall–Kier alpha value is -2.36. The molecular formula is C15H15NO3. The Morgan fingerprint density at radius 2 is 1.79 bits per heavy atom. The first-order chi connectivity index (χ1) is 9.11. The molecule has 4 nitrogen and oxygen atoms in total. The molecule has 2 N–H and O–H groups in total. The molecule has 0 aliphatic carbocycles. The van der Waals surface area contributed by atoms with E-state index in [0.717, 1.165) is 17.2 Å². The summed E-state index contributed by atoms with van der Waals surface area (Å²) >= 11 is 0. The molecule has 2 rings (SSSR count). The molecule has 0 radical (unpaired) electrons. The summed E-state index contributed by atoms with van der Waals surface area (Å²) in [5.41, 5.74) is 0.466. The van der Waals surface area contributed by atoms with E-state index >= 15 is 0 Å². The SMILES string of the molecule is CCCC(=O)Nc1cc2ccccc2cc1C(=O)O. The van der Waals surface area contributed by atoms with Crippen LogP contribution in [0.4, 0.5) is 5.69 Å². The predicted molar refractivity (Wildman–Crippen MR) is 74.4 cm³/mol. The van der Waals surface area contributed by atoms with E-state index in [-0.39, 0.29) is 11.5 Å². The first-order valence-electron chi connectivity index (χ1n) is 6.17. The third kappa shape index (κ3) is 2.91. The molecule has 0 fully saturated rings. The molecular weight excluding hydrogens is 242 g/mol. The summed E-state index contributed by atoms with van der Waals surface area (Å²) in [5, 5.41) is 13.6. The Labute approximate surface area is 111 Å². The Balaban J connectivity index is 2.47. The zero-order valence-electron chi connectivity index (χ0n) is 10.6. The summed E-state index contributed by atoms with van der Waals surface area (Å²) in [5.74, 6) is -1.21. The molecule has 0 aliphatic rings. The molecule has 1 amide bonds. The van der Waals surface area contributed by atoms with Crippen LogP contribution in [0.25, 0.3) is 10.8 Å². The maximum atomic E-state index is 11.6. The molecule has 2 aromatic rings. The van der Waals surface area contributed by atoms with Gasteiger partial charge < -0.3 is 10.4 Å². The van der Waals surface area contributed by atoms with Gasteiger partial charge in [0.05, 0.1) is 11.3 Å². The van der Waals surface area contributed by atoms with Gasteiger partial charge in [-0.25, -0.2) is 4.79 Å². The van der Waals surface area contributed by atoms with E-state index in [0.29, 0.717) is 12.1 Å². The van der Waals surface area contributed by atoms with Gasteiger partial charge >= 0.3 is 5.97 Å². The molecule has 0 spiro atoms. The van der Waals surface area contributed by atoms with Crippen molar-refractivity contribution in [2.24, 2.45) is 0 Å².